The maximum Gasteiger partial charge on any atom is 0.346 e. The number of nitrogens with zero attached hydrogens (tertiary/aromatic N) is 6. The van der Waals surface area contributed by atoms with Crippen LogP contribution in [0.25, 0.3) is 16.7 Å². The Morgan fingerprint density at radius 3 is 0.942 bits per heavy atom. The van der Waals surface area contributed by atoms with Gasteiger partial charge in [0.25, 0.3) is 0 Å². The zero-order chi connectivity index (χ0) is 48.4. The Morgan fingerprint density at radius 2 is 0.696 bits per heavy atom. The van der Waals surface area contributed by atoms with Crippen molar-refractivity contribution in [3.8, 4) is 18.2 Å². The Kier molecular flexibility index (Phi) is 11.7. The number of hydrogen-bond donors (Lipinski definition) is 3. The van der Waals surface area contributed by atoms with E-state index >= 15 is 0 Å². The van der Waals surface area contributed by atoms with E-state index in [1.54, 1.807) is 20.8 Å². The van der Waals surface area contributed by atoms with E-state index in [1.807, 2.05) is 36.4 Å². The SMILES string of the molecule is C/C(=C(\C#N)C(=O)O)c1ccc2c(c1)C1CCCCC1N2c1cc(N2c3ccc(/C(C)=C(/C#N)C(=O)O)cc3C3CCCCC32)cc(N2c3ccc(/C(C)=C(\C#N)C(=O)O)cc3C3CCCCC32)c1. The van der Waals surface area contributed by atoms with Crippen LogP contribution in [-0.4, -0.2) is 51.4 Å². The van der Waals surface area contributed by atoms with Crippen LogP contribution in [0.4, 0.5) is 34.1 Å². The first-order chi connectivity index (χ1) is 33.3. The van der Waals surface area contributed by atoms with Gasteiger partial charge in [-0.15, -0.1) is 0 Å². The maximum atomic E-state index is 12.1. The van der Waals surface area contributed by atoms with Crippen LogP contribution in [0, 0.1) is 34.0 Å². The van der Waals surface area contributed by atoms with Gasteiger partial charge < -0.3 is 30.0 Å². The molecular weight excluding hydrogens is 865 g/mol. The number of carboxylic acid groups (broad SMARTS) is 3. The van der Waals surface area contributed by atoms with Crippen molar-refractivity contribution in [3.05, 3.63) is 123 Å². The Balaban J connectivity index is 1.18. The summed E-state index contributed by atoms with van der Waals surface area (Å²) in [5.74, 6) is -3.12. The Labute approximate surface area is 402 Å². The molecule has 69 heavy (non-hydrogen) atoms. The lowest BCUT2D eigenvalue weighted by atomic mass is 9.81. The second-order valence-corrected chi connectivity index (χ2v) is 19.8. The maximum absolute atomic E-state index is 12.1. The number of hydrogen-bond acceptors (Lipinski definition) is 9. The van der Waals surface area contributed by atoms with Crippen molar-refractivity contribution in [2.75, 3.05) is 14.7 Å². The average molecular weight is 919 g/mol. The molecule has 0 radical (unpaired) electrons. The predicted octanol–water partition coefficient (Wildman–Crippen LogP) is 12.4. The minimum atomic E-state index is -1.24. The quantitative estimate of drug-likeness (QED) is 0.106. The standard InChI is InChI=1S/C57H54N6O6/c1-31(46(28-58)55(64)65)34-16-19-52-43(22-34)40-10-4-7-13-49(40)61(52)37-25-38(62-50-14-8-5-11-41(50)44-23-35(17-20-53(44)62)32(2)47(29-59)56(66)67)27-39(26-37)63-51-15-9-6-12-42(51)45-24-36(18-21-54(45)63)33(3)48(30-60)57(68)69/h16-27,40-42,49-51H,4-15H2,1-3H3,(H,64,65)(H,66,67)(H,68,69)/b46-31-,47-32-,48-33+. The van der Waals surface area contributed by atoms with Gasteiger partial charge >= 0.3 is 17.9 Å². The molecule has 12 heteroatoms. The molecule has 4 aromatic rings. The van der Waals surface area contributed by atoms with Gasteiger partial charge in [0.05, 0.1) is 0 Å². The van der Waals surface area contributed by atoms with Gasteiger partial charge in [-0.3, -0.25) is 0 Å². The average Bonchev–Trinajstić information content (AvgIpc) is 3.99. The molecule has 3 aliphatic carbocycles. The van der Waals surface area contributed by atoms with Gasteiger partial charge in [-0.1, -0.05) is 56.7 Å². The van der Waals surface area contributed by atoms with Gasteiger partial charge in [-0.2, -0.15) is 15.8 Å². The van der Waals surface area contributed by atoms with Gasteiger partial charge in [-0.05, 0) is 164 Å². The summed E-state index contributed by atoms with van der Waals surface area (Å²) in [7, 11) is 0. The van der Waals surface area contributed by atoms with Gasteiger partial charge in [-0.25, -0.2) is 14.4 Å². The minimum Gasteiger partial charge on any atom is -0.477 e. The van der Waals surface area contributed by atoms with Crippen LogP contribution >= 0.6 is 0 Å². The number of allylic oxidation sites excluding steroid dienone is 3. The van der Waals surface area contributed by atoms with Gasteiger partial charge in [0, 0.05) is 70.0 Å². The predicted molar refractivity (Wildman–Crippen MR) is 265 cm³/mol. The summed E-state index contributed by atoms with van der Waals surface area (Å²) < 4.78 is 0. The van der Waals surface area contributed by atoms with Crippen LogP contribution < -0.4 is 14.7 Å². The molecule has 6 unspecified atom stereocenters. The number of fused-ring (bicyclic) bond motifs is 9. The molecule has 0 amide bonds. The number of carboxylic acids is 3. The zero-order valence-electron chi connectivity index (χ0n) is 39.1. The number of nitriles is 3. The molecule has 0 spiro atoms. The van der Waals surface area contributed by atoms with Crippen molar-refractivity contribution >= 4 is 68.8 Å². The number of carbonyl (C=O) groups is 3. The molecule has 3 fully saturated rings. The highest BCUT2D eigenvalue weighted by Crippen LogP contribution is 2.58. The molecule has 6 aliphatic rings. The van der Waals surface area contributed by atoms with E-state index in [9.17, 15) is 45.5 Å². The van der Waals surface area contributed by atoms with Crippen molar-refractivity contribution in [1.29, 1.82) is 15.8 Å². The van der Waals surface area contributed by atoms with Crippen molar-refractivity contribution < 1.29 is 29.7 Å². The molecule has 0 bridgehead atoms. The third-order valence-corrected chi connectivity index (χ3v) is 16.4. The lowest BCUT2D eigenvalue weighted by Crippen LogP contribution is -2.35. The van der Waals surface area contributed by atoms with Crippen LogP contribution in [0.15, 0.2) is 89.5 Å². The summed E-state index contributed by atoms with van der Waals surface area (Å²) in [6.07, 6.45) is 12.4. The van der Waals surface area contributed by atoms with Crippen LogP contribution in [-0.2, 0) is 14.4 Å². The fraction of sp³-hybridized carbons (Fsp3) is 0.368. The topological polar surface area (TPSA) is 193 Å². The summed E-state index contributed by atoms with van der Waals surface area (Å²) in [5, 5.41) is 59.1. The molecule has 3 aliphatic heterocycles. The van der Waals surface area contributed by atoms with E-state index in [0.717, 1.165) is 145 Å². The van der Waals surface area contributed by atoms with Crippen molar-refractivity contribution in [2.24, 2.45) is 0 Å². The van der Waals surface area contributed by atoms with E-state index < -0.39 is 17.9 Å². The molecule has 348 valence electrons. The van der Waals surface area contributed by atoms with Crippen molar-refractivity contribution in [3.63, 3.8) is 0 Å². The third-order valence-electron chi connectivity index (χ3n) is 16.4. The number of anilines is 6. The van der Waals surface area contributed by atoms with Gasteiger partial charge in [0.15, 0.2) is 0 Å². The zero-order valence-corrected chi connectivity index (χ0v) is 39.1. The summed E-state index contributed by atoms with van der Waals surface area (Å²) >= 11 is 0. The molecule has 4 aromatic carbocycles. The van der Waals surface area contributed by atoms with Crippen molar-refractivity contribution in [2.45, 2.75) is 134 Å². The molecule has 6 atom stereocenters. The van der Waals surface area contributed by atoms with Gasteiger partial charge in [0.2, 0.25) is 0 Å². The molecule has 3 N–H and O–H groups in total. The molecule has 0 saturated heterocycles. The number of benzene rings is 4. The smallest absolute Gasteiger partial charge is 0.346 e. The lowest BCUT2D eigenvalue weighted by Gasteiger charge is -2.38. The normalized spacial score (nSPS) is 24.1. The fourth-order valence-corrected chi connectivity index (χ4v) is 13.1. The first kappa shape index (κ1) is 45.2. The van der Waals surface area contributed by atoms with E-state index in [-0.39, 0.29) is 52.6 Å². The summed E-state index contributed by atoms with van der Waals surface area (Å²) in [6, 6.07) is 31.6. The number of aliphatic carboxylic acids is 3. The summed E-state index contributed by atoms with van der Waals surface area (Å²) in [5.41, 5.74) is 12.6. The largest absolute Gasteiger partial charge is 0.477 e. The van der Waals surface area contributed by atoms with E-state index in [0.29, 0.717) is 16.7 Å². The van der Waals surface area contributed by atoms with E-state index in [2.05, 4.69) is 69.3 Å². The van der Waals surface area contributed by atoms with Crippen LogP contribution in [0.3, 0.4) is 0 Å². The second kappa shape index (κ2) is 17.8. The van der Waals surface area contributed by atoms with Crippen LogP contribution in [0.1, 0.15) is 149 Å². The molecule has 0 aromatic heterocycles. The Hall–Kier alpha value is -7.62. The Bertz CT molecular complexity index is 2770. The van der Waals surface area contributed by atoms with Gasteiger partial charge in [0.1, 0.15) is 34.9 Å². The lowest BCUT2D eigenvalue weighted by molar-refractivity contribution is -0.133. The molecule has 12 nitrogen and oxygen atoms in total. The third kappa shape index (κ3) is 7.43. The van der Waals surface area contributed by atoms with E-state index in [1.165, 1.54) is 0 Å². The second-order valence-electron chi connectivity index (χ2n) is 19.8. The summed E-state index contributed by atoms with van der Waals surface area (Å²) in [4.78, 5) is 43.9. The highest BCUT2D eigenvalue weighted by Gasteiger charge is 2.46. The summed E-state index contributed by atoms with van der Waals surface area (Å²) in [6.45, 7) is 5.12. The van der Waals surface area contributed by atoms with Crippen LogP contribution in [0.5, 0.6) is 0 Å². The van der Waals surface area contributed by atoms with Crippen molar-refractivity contribution in [1.82, 2.24) is 0 Å². The van der Waals surface area contributed by atoms with E-state index in [4.69, 9.17) is 0 Å². The highest BCUT2D eigenvalue weighted by molar-refractivity contribution is 6.02. The first-order valence-corrected chi connectivity index (χ1v) is 24.3. The molecule has 3 saturated carbocycles. The molecule has 3 heterocycles. The molecule has 10 rings (SSSR count). The minimum absolute atomic E-state index is 0.148. The number of rotatable bonds is 9. The fourth-order valence-electron chi connectivity index (χ4n) is 13.1. The monoisotopic (exact) mass is 918 g/mol. The highest BCUT2D eigenvalue weighted by atomic mass is 16.4. The van der Waals surface area contributed by atoms with Crippen LogP contribution in [0.2, 0.25) is 0 Å². The Morgan fingerprint density at radius 1 is 0.435 bits per heavy atom. The molecular formula is C57H54N6O6. The first-order valence-electron chi connectivity index (χ1n) is 24.3.